The van der Waals surface area contributed by atoms with Crippen molar-refractivity contribution >= 4 is 165 Å². The molecule has 4 heterocycles. The first-order chi connectivity index (χ1) is 64.5. The summed E-state index contributed by atoms with van der Waals surface area (Å²) in [6.07, 6.45) is 0. The van der Waals surface area contributed by atoms with E-state index in [0.29, 0.717) is 0 Å². The Labute approximate surface area is 750 Å². The number of aromatic nitrogens is 2. The van der Waals surface area contributed by atoms with Crippen LogP contribution < -0.4 is 9.80 Å². The molecule has 6 nitrogen and oxygen atoms in total. The third-order valence-electron chi connectivity index (χ3n) is 26.4. The van der Waals surface area contributed by atoms with Gasteiger partial charge in [-0.05, 0) is 268 Å². The fraction of sp³-hybridized carbons (Fsp3) is 0. The van der Waals surface area contributed by atoms with Crippen molar-refractivity contribution in [3.05, 3.63) is 485 Å². The zero-order valence-electron chi connectivity index (χ0n) is 70.8. The summed E-state index contributed by atoms with van der Waals surface area (Å²) in [4.78, 5) is 4.76. The average Bonchev–Trinajstić information content (AvgIpc) is 1.72. The Kier molecular flexibility index (Phi) is 18.2. The summed E-state index contributed by atoms with van der Waals surface area (Å²) in [6.45, 7) is 0. The molecule has 0 amide bonds. The smallest absolute Gasteiger partial charge is 0.136 e. The van der Waals surface area contributed by atoms with Gasteiger partial charge in [0.2, 0.25) is 0 Å². The van der Waals surface area contributed by atoms with Crippen molar-refractivity contribution in [1.29, 1.82) is 0 Å². The molecule has 0 spiro atoms. The van der Waals surface area contributed by atoms with Gasteiger partial charge in [-0.15, -0.1) is 0 Å². The summed E-state index contributed by atoms with van der Waals surface area (Å²) in [5.41, 5.74) is 31.1. The molecule has 0 unspecified atom stereocenters. The Hall–Kier alpha value is -17.3. The topological polar surface area (TPSA) is 42.6 Å². The SMILES string of the molecule is c1cc(-c2cc3ccccc3c3ccccc23)cc(N(c2ccc(-c3ccc(-n4c5ccccc5c5ccccc54)cc3)cc2)c2cccc(-c3cccc4oc5ccccc5c34)c2)c1.c1cc(-c2cccc3oc4ccccc4c23)cc(N(c2ccc(-c3ccc(-n4c5ccccc5c5ccccc54)cc3)cc2)c2ccc(-c3cc4ccccc4c4ccccc34)cc2)c1. The van der Waals surface area contributed by atoms with Crippen LogP contribution in [-0.4, -0.2) is 9.13 Å². The number of fused-ring (bicyclic) bond motifs is 18. The lowest BCUT2D eigenvalue weighted by Crippen LogP contribution is -2.10. The summed E-state index contributed by atoms with van der Waals surface area (Å²) in [5, 5.41) is 19.6. The van der Waals surface area contributed by atoms with Gasteiger partial charge >= 0.3 is 0 Å². The third kappa shape index (κ3) is 12.9. The molecular weight excluding hydrogens is 1580 g/mol. The minimum Gasteiger partial charge on any atom is -0.456 e. The van der Waals surface area contributed by atoms with Crippen LogP contribution in [0.5, 0.6) is 0 Å². The number of nitrogens with zero attached hydrogens (tertiary/aromatic N) is 4. The Morgan fingerprint density at radius 3 is 0.800 bits per heavy atom. The molecular formula is C124H80N4O2. The number of hydrogen-bond acceptors (Lipinski definition) is 4. The van der Waals surface area contributed by atoms with E-state index in [0.717, 1.165) is 123 Å². The fourth-order valence-electron chi connectivity index (χ4n) is 20.4. The second kappa shape index (κ2) is 31.4. The summed E-state index contributed by atoms with van der Waals surface area (Å²) in [5.74, 6) is 0. The van der Waals surface area contributed by atoms with Crippen LogP contribution in [0.25, 0.3) is 209 Å². The molecule has 608 valence electrons. The molecule has 0 atom stereocenters. The maximum Gasteiger partial charge on any atom is 0.136 e. The van der Waals surface area contributed by atoms with E-state index in [4.69, 9.17) is 8.83 Å². The van der Waals surface area contributed by atoms with Gasteiger partial charge < -0.3 is 27.8 Å². The highest BCUT2D eigenvalue weighted by molar-refractivity contribution is 6.18. The van der Waals surface area contributed by atoms with Gasteiger partial charge in [0.05, 0.1) is 22.1 Å². The van der Waals surface area contributed by atoms with E-state index in [1.165, 1.54) is 120 Å². The van der Waals surface area contributed by atoms with Crippen molar-refractivity contribution in [1.82, 2.24) is 9.13 Å². The van der Waals surface area contributed by atoms with Crippen molar-refractivity contribution in [2.45, 2.75) is 0 Å². The molecule has 26 rings (SSSR count). The lowest BCUT2D eigenvalue weighted by molar-refractivity contribution is 0.668. The van der Waals surface area contributed by atoms with E-state index in [1.54, 1.807) is 0 Å². The highest BCUT2D eigenvalue weighted by Gasteiger charge is 2.24. The Morgan fingerprint density at radius 1 is 0.154 bits per heavy atom. The van der Waals surface area contributed by atoms with Crippen molar-refractivity contribution < 1.29 is 8.83 Å². The molecule has 0 saturated carbocycles. The van der Waals surface area contributed by atoms with Gasteiger partial charge in [0.15, 0.2) is 0 Å². The van der Waals surface area contributed by atoms with Crippen molar-refractivity contribution in [3.63, 3.8) is 0 Å². The van der Waals surface area contributed by atoms with E-state index in [1.807, 2.05) is 24.3 Å². The van der Waals surface area contributed by atoms with Crippen molar-refractivity contribution in [2.24, 2.45) is 0 Å². The minimum atomic E-state index is 0.889. The molecule has 0 radical (unpaired) electrons. The molecule has 26 aromatic rings. The van der Waals surface area contributed by atoms with Crippen molar-refractivity contribution in [2.75, 3.05) is 9.80 Å². The predicted molar refractivity (Wildman–Crippen MR) is 548 cm³/mol. The quantitative estimate of drug-likeness (QED) is 0.102. The van der Waals surface area contributed by atoms with Gasteiger partial charge in [-0.25, -0.2) is 0 Å². The van der Waals surface area contributed by atoms with Crippen LogP contribution in [-0.2, 0) is 0 Å². The van der Waals surface area contributed by atoms with E-state index in [2.05, 4.69) is 480 Å². The highest BCUT2D eigenvalue weighted by atomic mass is 16.3. The van der Waals surface area contributed by atoms with Crippen LogP contribution in [0.2, 0.25) is 0 Å². The van der Waals surface area contributed by atoms with Crippen LogP contribution in [0.3, 0.4) is 0 Å². The molecule has 0 aliphatic rings. The molecule has 22 aromatic carbocycles. The molecule has 0 aliphatic heterocycles. The maximum absolute atomic E-state index is 6.34. The average molecular weight is 1660 g/mol. The number of hydrogen-bond donors (Lipinski definition) is 0. The van der Waals surface area contributed by atoms with Gasteiger partial charge in [-0.1, -0.05) is 328 Å². The van der Waals surface area contributed by atoms with E-state index < -0.39 is 0 Å². The predicted octanol–water partition coefficient (Wildman–Crippen LogP) is 34.9. The van der Waals surface area contributed by atoms with E-state index in [9.17, 15) is 0 Å². The second-order valence-corrected chi connectivity index (χ2v) is 33.7. The monoisotopic (exact) mass is 1660 g/mol. The van der Waals surface area contributed by atoms with Crippen LogP contribution in [0, 0.1) is 0 Å². The standard InChI is InChI=1S/2C62H40N2O/c1-2-19-50-45(14-1)40-57(53-21-4-3-20-52(50)53)44-16-12-18-49(39-44)63(48-17-11-15-43(38-48)51-25-13-29-61-62(51)56-24-7-10-28-60(56)65-61)46-34-30-41(31-35-46)42-32-36-47(37-33-42)64-58-26-8-5-22-54(58)55-23-6-9-27-59(55)64;1-2-16-50-45(13-1)40-57(53-18-4-3-17-52(50)53)43-31-37-47(38-32-43)63(49-15-11-14-44(39-49)51-22-12-26-61-62(51)56-21-7-10-25-60(56)65-61)46-33-27-41(28-34-46)42-29-35-48(36-30-42)64-58-23-8-5-19-54(58)55-20-6-9-24-59(55)64/h2*1-40H. The fourth-order valence-corrected chi connectivity index (χ4v) is 20.4. The number of furan rings is 2. The zero-order chi connectivity index (χ0) is 85.7. The molecule has 4 aromatic heterocycles. The summed E-state index contributed by atoms with van der Waals surface area (Å²) in [7, 11) is 0. The van der Waals surface area contributed by atoms with Crippen molar-refractivity contribution in [3.8, 4) is 78.1 Å². The van der Waals surface area contributed by atoms with Gasteiger partial charge in [-0.2, -0.15) is 0 Å². The van der Waals surface area contributed by atoms with E-state index in [-0.39, 0.29) is 0 Å². The Morgan fingerprint density at radius 2 is 0.423 bits per heavy atom. The lowest BCUT2D eigenvalue weighted by Gasteiger charge is -2.27. The van der Waals surface area contributed by atoms with Gasteiger partial charge in [0.1, 0.15) is 22.3 Å². The zero-order valence-corrected chi connectivity index (χ0v) is 70.8. The molecule has 0 fully saturated rings. The van der Waals surface area contributed by atoms with Gasteiger partial charge in [0.25, 0.3) is 0 Å². The number of rotatable bonds is 14. The number of anilines is 6. The normalized spacial score (nSPS) is 11.7. The molecule has 6 heteroatoms. The van der Waals surface area contributed by atoms with Crippen LogP contribution in [0.4, 0.5) is 34.1 Å². The molecule has 0 saturated heterocycles. The van der Waals surface area contributed by atoms with Gasteiger partial charge in [-0.3, -0.25) is 0 Å². The largest absolute Gasteiger partial charge is 0.456 e. The number of para-hydroxylation sites is 6. The first-order valence-corrected chi connectivity index (χ1v) is 44.5. The summed E-state index contributed by atoms with van der Waals surface area (Å²) < 4.78 is 17.4. The lowest BCUT2D eigenvalue weighted by atomic mass is 9.93. The highest BCUT2D eigenvalue weighted by Crippen LogP contribution is 2.48. The summed E-state index contributed by atoms with van der Waals surface area (Å²) >= 11 is 0. The van der Waals surface area contributed by atoms with E-state index >= 15 is 0 Å². The summed E-state index contributed by atoms with van der Waals surface area (Å²) in [6, 6.07) is 175. The van der Waals surface area contributed by atoms with Crippen LogP contribution in [0.1, 0.15) is 0 Å². The molecule has 0 aliphatic carbocycles. The maximum atomic E-state index is 6.34. The molecule has 130 heavy (non-hydrogen) atoms. The third-order valence-corrected chi connectivity index (χ3v) is 26.4. The molecule has 0 N–H and O–H groups in total. The number of benzene rings is 22. The molecule has 0 bridgehead atoms. The Bertz CT molecular complexity index is 8810. The first-order valence-electron chi connectivity index (χ1n) is 44.5. The van der Waals surface area contributed by atoms with Gasteiger partial charge in [0, 0.05) is 88.6 Å². The minimum absolute atomic E-state index is 0.889. The second-order valence-electron chi connectivity index (χ2n) is 33.7. The van der Waals surface area contributed by atoms with Crippen LogP contribution in [0.15, 0.2) is 494 Å². The Balaban J connectivity index is 0.000000140. The first kappa shape index (κ1) is 75.2. The van der Waals surface area contributed by atoms with Crippen LogP contribution >= 0.6 is 0 Å².